The van der Waals surface area contributed by atoms with Gasteiger partial charge in [-0.05, 0) is 55.7 Å². The second-order valence-corrected chi connectivity index (χ2v) is 6.64. The summed E-state index contributed by atoms with van der Waals surface area (Å²) in [4.78, 5) is 23.9. The number of amides is 1. The number of aryl methyl sites for hydroxylation is 2. The molecule has 0 aromatic heterocycles. The van der Waals surface area contributed by atoms with Crippen LogP contribution in [0.15, 0.2) is 46.9 Å². The van der Waals surface area contributed by atoms with Crippen LogP contribution in [0.5, 0.6) is 0 Å². The zero-order valence-corrected chi connectivity index (χ0v) is 15.5. The lowest BCUT2D eigenvalue weighted by Gasteiger charge is -2.15. The van der Waals surface area contributed by atoms with E-state index in [1.165, 1.54) is 11.1 Å². The molecule has 0 aliphatic rings. The Hall–Kier alpha value is -2.14. The van der Waals surface area contributed by atoms with E-state index in [0.29, 0.717) is 5.56 Å². The fraction of sp³-hybridized carbons (Fsp3) is 0.263. The number of carbonyl (C=O) groups is 2. The monoisotopic (exact) mass is 389 g/mol. The van der Waals surface area contributed by atoms with E-state index in [0.717, 1.165) is 10.0 Å². The minimum atomic E-state index is -0.523. The van der Waals surface area contributed by atoms with E-state index in [4.69, 9.17) is 4.74 Å². The summed E-state index contributed by atoms with van der Waals surface area (Å²) in [5.74, 6) is -0.852. The highest BCUT2D eigenvalue weighted by molar-refractivity contribution is 9.10. The molecule has 0 spiro atoms. The second-order valence-electron chi connectivity index (χ2n) is 5.72. The number of benzene rings is 2. The van der Waals surface area contributed by atoms with Gasteiger partial charge in [-0.2, -0.15) is 0 Å². The SMILES string of the molecule is Cc1ccc([C@H](C)NC(=O)COC(=O)c2cccc(Br)c2)cc1C. The molecule has 0 fully saturated rings. The molecule has 0 radical (unpaired) electrons. The van der Waals surface area contributed by atoms with Crippen molar-refractivity contribution < 1.29 is 14.3 Å². The van der Waals surface area contributed by atoms with Gasteiger partial charge >= 0.3 is 5.97 Å². The summed E-state index contributed by atoms with van der Waals surface area (Å²) in [6.07, 6.45) is 0. The first-order valence-corrected chi connectivity index (χ1v) is 8.45. The number of ether oxygens (including phenoxy) is 1. The van der Waals surface area contributed by atoms with E-state index in [9.17, 15) is 9.59 Å². The van der Waals surface area contributed by atoms with Crippen molar-refractivity contribution in [3.05, 3.63) is 69.2 Å². The van der Waals surface area contributed by atoms with Crippen LogP contribution in [0.4, 0.5) is 0 Å². The van der Waals surface area contributed by atoms with Crippen molar-refractivity contribution in [2.45, 2.75) is 26.8 Å². The summed E-state index contributed by atoms with van der Waals surface area (Å²) in [7, 11) is 0. The first-order valence-electron chi connectivity index (χ1n) is 7.66. The summed E-state index contributed by atoms with van der Waals surface area (Å²) in [6, 6.07) is 12.8. The summed E-state index contributed by atoms with van der Waals surface area (Å²) in [5, 5.41) is 2.84. The number of rotatable bonds is 5. The van der Waals surface area contributed by atoms with Gasteiger partial charge in [-0.3, -0.25) is 4.79 Å². The maximum absolute atomic E-state index is 12.0. The van der Waals surface area contributed by atoms with Gasteiger partial charge in [-0.1, -0.05) is 40.2 Å². The van der Waals surface area contributed by atoms with Crippen LogP contribution >= 0.6 is 15.9 Å². The molecular formula is C19H20BrNO3. The van der Waals surface area contributed by atoms with Crippen LogP contribution < -0.4 is 5.32 Å². The van der Waals surface area contributed by atoms with Crippen LogP contribution in [0.25, 0.3) is 0 Å². The zero-order valence-electron chi connectivity index (χ0n) is 13.9. The smallest absolute Gasteiger partial charge is 0.338 e. The molecule has 0 aliphatic carbocycles. The molecule has 0 heterocycles. The van der Waals surface area contributed by atoms with Gasteiger partial charge in [-0.25, -0.2) is 4.79 Å². The van der Waals surface area contributed by atoms with E-state index >= 15 is 0 Å². The van der Waals surface area contributed by atoms with Crippen LogP contribution in [-0.2, 0) is 9.53 Å². The summed E-state index contributed by atoms with van der Waals surface area (Å²) in [5.41, 5.74) is 3.80. The van der Waals surface area contributed by atoms with Gasteiger partial charge in [0.1, 0.15) is 0 Å². The number of halogens is 1. The van der Waals surface area contributed by atoms with Crippen molar-refractivity contribution in [1.82, 2.24) is 5.32 Å². The van der Waals surface area contributed by atoms with Gasteiger partial charge in [0.15, 0.2) is 6.61 Å². The van der Waals surface area contributed by atoms with Gasteiger partial charge in [-0.15, -0.1) is 0 Å². The Kier molecular flexibility index (Phi) is 6.15. The molecule has 2 rings (SSSR count). The molecular weight excluding hydrogens is 370 g/mol. The third-order valence-corrected chi connectivity index (χ3v) is 4.30. The van der Waals surface area contributed by atoms with Gasteiger partial charge in [0.25, 0.3) is 5.91 Å². The number of hydrogen-bond donors (Lipinski definition) is 1. The lowest BCUT2D eigenvalue weighted by Crippen LogP contribution is -2.31. The number of hydrogen-bond acceptors (Lipinski definition) is 3. The average Bonchev–Trinajstić information content (AvgIpc) is 2.55. The highest BCUT2D eigenvalue weighted by atomic mass is 79.9. The van der Waals surface area contributed by atoms with E-state index in [1.807, 2.05) is 45.0 Å². The Labute approximate surface area is 150 Å². The Morgan fingerprint density at radius 1 is 1.12 bits per heavy atom. The van der Waals surface area contributed by atoms with Crippen LogP contribution in [-0.4, -0.2) is 18.5 Å². The van der Waals surface area contributed by atoms with Crippen molar-refractivity contribution in [3.63, 3.8) is 0 Å². The van der Waals surface area contributed by atoms with E-state index < -0.39 is 5.97 Å². The van der Waals surface area contributed by atoms with Crippen LogP contribution in [0.3, 0.4) is 0 Å². The maximum atomic E-state index is 12.0. The summed E-state index contributed by atoms with van der Waals surface area (Å²) >= 11 is 3.29. The quantitative estimate of drug-likeness (QED) is 0.783. The molecule has 126 valence electrons. The fourth-order valence-electron chi connectivity index (χ4n) is 2.23. The number of esters is 1. The van der Waals surface area contributed by atoms with Gasteiger partial charge in [0.05, 0.1) is 11.6 Å². The first kappa shape index (κ1) is 18.2. The Balaban J connectivity index is 1.88. The van der Waals surface area contributed by atoms with Gasteiger partial charge in [0.2, 0.25) is 0 Å². The molecule has 0 aliphatic heterocycles. The minimum Gasteiger partial charge on any atom is -0.452 e. The van der Waals surface area contributed by atoms with Crippen molar-refractivity contribution in [3.8, 4) is 0 Å². The van der Waals surface area contributed by atoms with Crippen molar-refractivity contribution >= 4 is 27.8 Å². The molecule has 1 amide bonds. The highest BCUT2D eigenvalue weighted by Crippen LogP contribution is 2.17. The Bertz CT molecular complexity index is 758. The normalized spacial score (nSPS) is 11.7. The molecule has 4 nitrogen and oxygen atoms in total. The first-order chi connectivity index (χ1) is 11.4. The molecule has 0 saturated carbocycles. The molecule has 5 heteroatoms. The Morgan fingerprint density at radius 2 is 1.88 bits per heavy atom. The third kappa shape index (κ3) is 4.93. The molecule has 2 aromatic carbocycles. The lowest BCUT2D eigenvalue weighted by molar-refractivity contribution is -0.124. The molecule has 0 unspecified atom stereocenters. The molecule has 0 bridgehead atoms. The summed E-state index contributed by atoms with van der Waals surface area (Å²) in [6.45, 7) is 5.68. The molecule has 1 atom stereocenters. The number of carbonyl (C=O) groups excluding carboxylic acids is 2. The molecule has 24 heavy (non-hydrogen) atoms. The molecule has 1 N–H and O–H groups in total. The van der Waals surface area contributed by atoms with Crippen molar-refractivity contribution in [2.24, 2.45) is 0 Å². The van der Waals surface area contributed by atoms with E-state index in [2.05, 4.69) is 21.2 Å². The topological polar surface area (TPSA) is 55.4 Å². The van der Waals surface area contributed by atoms with Crippen LogP contribution in [0.1, 0.15) is 40.0 Å². The van der Waals surface area contributed by atoms with Crippen LogP contribution in [0.2, 0.25) is 0 Å². The summed E-state index contributed by atoms with van der Waals surface area (Å²) < 4.78 is 5.83. The molecule has 2 aromatic rings. The van der Waals surface area contributed by atoms with E-state index in [1.54, 1.807) is 18.2 Å². The minimum absolute atomic E-state index is 0.152. The van der Waals surface area contributed by atoms with Crippen LogP contribution in [0, 0.1) is 13.8 Å². The third-order valence-electron chi connectivity index (χ3n) is 3.80. The lowest BCUT2D eigenvalue weighted by atomic mass is 10.0. The van der Waals surface area contributed by atoms with Gasteiger partial charge in [0, 0.05) is 4.47 Å². The highest BCUT2D eigenvalue weighted by Gasteiger charge is 2.13. The van der Waals surface area contributed by atoms with Crippen molar-refractivity contribution in [1.29, 1.82) is 0 Å². The largest absolute Gasteiger partial charge is 0.452 e. The maximum Gasteiger partial charge on any atom is 0.338 e. The number of nitrogens with one attached hydrogen (secondary N) is 1. The predicted molar refractivity (Wildman–Crippen MR) is 96.9 cm³/mol. The predicted octanol–water partition coefficient (Wildman–Crippen LogP) is 4.10. The standard InChI is InChI=1S/C19H20BrNO3/c1-12-7-8-15(9-13(12)2)14(3)21-18(22)11-24-19(23)16-5-4-6-17(20)10-16/h4-10,14H,11H2,1-3H3,(H,21,22)/t14-/m0/s1. The van der Waals surface area contributed by atoms with E-state index in [-0.39, 0.29) is 18.6 Å². The second kappa shape index (κ2) is 8.11. The fourth-order valence-corrected chi connectivity index (χ4v) is 2.63. The average molecular weight is 390 g/mol. The zero-order chi connectivity index (χ0) is 17.7. The molecule has 0 saturated heterocycles. The Morgan fingerprint density at radius 3 is 2.54 bits per heavy atom. The van der Waals surface area contributed by atoms with Crippen molar-refractivity contribution in [2.75, 3.05) is 6.61 Å². The van der Waals surface area contributed by atoms with Gasteiger partial charge < -0.3 is 10.1 Å².